The minimum atomic E-state index is -1.34. The summed E-state index contributed by atoms with van der Waals surface area (Å²) >= 11 is 1.26. The largest absolute Gasteiger partial charge is 0.480 e. The van der Waals surface area contributed by atoms with Gasteiger partial charge >= 0.3 is 5.97 Å². The van der Waals surface area contributed by atoms with Gasteiger partial charge in [0.05, 0.1) is 11.6 Å². The van der Waals surface area contributed by atoms with Crippen molar-refractivity contribution < 1.29 is 28.7 Å². The maximum atomic E-state index is 14.0. The predicted molar refractivity (Wildman–Crippen MR) is 146 cm³/mol. The van der Waals surface area contributed by atoms with Crippen molar-refractivity contribution in [2.75, 3.05) is 0 Å². The highest BCUT2D eigenvalue weighted by Crippen LogP contribution is 2.50. The third-order valence-electron chi connectivity index (χ3n) is 7.17. The minimum Gasteiger partial charge on any atom is -0.480 e. The van der Waals surface area contributed by atoms with E-state index in [2.05, 4.69) is 10.6 Å². The Morgan fingerprint density at radius 1 is 1.17 bits per heavy atom. The van der Waals surface area contributed by atoms with E-state index in [4.69, 9.17) is 0 Å². The Morgan fingerprint density at radius 2 is 1.88 bits per heavy atom. The number of nitrogens with zero attached hydrogens (tertiary/aromatic N) is 3. The highest BCUT2D eigenvalue weighted by Gasteiger charge is 2.64. The molecule has 0 radical (unpaired) electrons. The first-order valence-corrected chi connectivity index (χ1v) is 13.4. The second-order valence-electron chi connectivity index (χ2n) is 10.2. The molecule has 2 aliphatic rings. The number of aromatic nitrogens is 1. The smallest absolute Gasteiger partial charge is 0.327 e. The van der Waals surface area contributed by atoms with Gasteiger partial charge in [0.25, 0.3) is 5.91 Å². The van der Waals surface area contributed by atoms with Crippen molar-refractivity contribution in [3.05, 3.63) is 81.9 Å². The molecule has 3 aromatic rings. The normalized spacial score (nSPS) is 21.4. The number of aliphatic carboxylic acids is 1. The molecule has 2 fully saturated rings. The molecular formula is C28H24FN5O6S. The number of thioether (sulfide) groups is 1. The van der Waals surface area contributed by atoms with E-state index in [1.54, 1.807) is 44.2 Å². The van der Waals surface area contributed by atoms with Crippen LogP contribution < -0.4 is 16.1 Å². The predicted octanol–water partition coefficient (Wildman–Crippen LogP) is 1.77. The fraction of sp³-hybridized carbons (Fsp3) is 0.286. The Bertz CT molecular complexity index is 1700. The second kappa shape index (κ2) is 10.4. The van der Waals surface area contributed by atoms with E-state index >= 15 is 0 Å². The van der Waals surface area contributed by atoms with Crippen LogP contribution in [0.4, 0.5) is 4.39 Å². The lowest BCUT2D eigenvalue weighted by Gasteiger charge is -2.44. The first-order valence-electron chi connectivity index (χ1n) is 12.5. The van der Waals surface area contributed by atoms with Crippen LogP contribution in [0.15, 0.2) is 59.5 Å². The van der Waals surface area contributed by atoms with Crippen LogP contribution in [-0.2, 0) is 20.9 Å². The zero-order valence-electron chi connectivity index (χ0n) is 21.8. The summed E-state index contributed by atoms with van der Waals surface area (Å²) in [5.74, 6) is -4.09. The molecule has 3 N–H and O–H groups in total. The van der Waals surface area contributed by atoms with Crippen LogP contribution in [0.25, 0.3) is 10.9 Å². The van der Waals surface area contributed by atoms with Gasteiger partial charge in [0.1, 0.15) is 41.4 Å². The molecule has 0 spiro atoms. The number of nitriles is 1. The number of hydrogen-bond donors (Lipinski definition) is 3. The van der Waals surface area contributed by atoms with Crippen molar-refractivity contribution in [2.45, 2.75) is 48.6 Å². The summed E-state index contributed by atoms with van der Waals surface area (Å²) in [4.78, 5) is 66.1. The van der Waals surface area contributed by atoms with Gasteiger partial charge in [-0.05, 0) is 37.6 Å². The van der Waals surface area contributed by atoms with E-state index in [-0.39, 0.29) is 17.4 Å². The lowest BCUT2D eigenvalue weighted by atomic mass is 9.95. The van der Waals surface area contributed by atoms with Gasteiger partial charge in [-0.3, -0.25) is 19.2 Å². The molecule has 0 saturated carbocycles. The van der Waals surface area contributed by atoms with Crippen LogP contribution in [-0.4, -0.2) is 60.5 Å². The number of halogens is 1. The maximum absolute atomic E-state index is 14.0. The number of β-lactam (4-membered cyclic amide) rings is 1. The molecule has 4 atom stereocenters. The quantitative estimate of drug-likeness (QED) is 0.358. The van der Waals surface area contributed by atoms with Crippen molar-refractivity contribution in [2.24, 2.45) is 0 Å². The Balaban J connectivity index is 1.45. The van der Waals surface area contributed by atoms with Gasteiger partial charge in [0.2, 0.25) is 17.2 Å². The minimum absolute atomic E-state index is 0.109. The van der Waals surface area contributed by atoms with Crippen LogP contribution in [0.1, 0.15) is 35.8 Å². The molecule has 3 heterocycles. The average molecular weight is 578 g/mol. The number of carbonyl (C=O) groups is 4. The Labute approximate surface area is 236 Å². The Kier molecular flexibility index (Phi) is 7.04. The van der Waals surface area contributed by atoms with Crippen LogP contribution in [0.5, 0.6) is 0 Å². The van der Waals surface area contributed by atoms with Gasteiger partial charge in [-0.25, -0.2) is 9.18 Å². The number of nitrogens with one attached hydrogen (secondary N) is 2. The fourth-order valence-electron chi connectivity index (χ4n) is 5.28. The van der Waals surface area contributed by atoms with Crippen LogP contribution >= 0.6 is 11.8 Å². The van der Waals surface area contributed by atoms with Gasteiger partial charge < -0.3 is 25.2 Å². The molecular weight excluding hydrogens is 553 g/mol. The zero-order valence-corrected chi connectivity index (χ0v) is 22.6. The summed E-state index contributed by atoms with van der Waals surface area (Å²) < 4.78 is 14.5. The monoisotopic (exact) mass is 577 g/mol. The van der Waals surface area contributed by atoms with Gasteiger partial charge in [-0.1, -0.05) is 30.3 Å². The molecule has 2 aliphatic heterocycles. The molecule has 0 bridgehead atoms. The van der Waals surface area contributed by atoms with Crippen molar-refractivity contribution in [1.82, 2.24) is 20.1 Å². The van der Waals surface area contributed by atoms with E-state index in [1.165, 1.54) is 33.5 Å². The highest BCUT2D eigenvalue weighted by molar-refractivity contribution is 8.01. The zero-order chi connectivity index (χ0) is 29.6. The fourth-order valence-corrected chi connectivity index (χ4v) is 6.90. The summed E-state index contributed by atoms with van der Waals surface area (Å²) in [6, 6.07) is 10.1. The van der Waals surface area contributed by atoms with Crippen molar-refractivity contribution in [3.63, 3.8) is 0 Å². The lowest BCUT2D eigenvalue weighted by molar-refractivity contribution is -0.161. The second-order valence-corrected chi connectivity index (χ2v) is 12.0. The van der Waals surface area contributed by atoms with E-state index < -0.39 is 68.7 Å². The lowest BCUT2D eigenvalue weighted by Crippen LogP contribution is -2.71. The third-order valence-corrected chi connectivity index (χ3v) is 8.74. The average Bonchev–Trinajstić information content (AvgIpc) is 3.20. The summed E-state index contributed by atoms with van der Waals surface area (Å²) in [7, 11) is 0. The highest BCUT2D eigenvalue weighted by atomic mass is 32.2. The number of carboxylic acid groups (broad SMARTS) is 1. The maximum Gasteiger partial charge on any atom is 0.327 e. The molecule has 13 heteroatoms. The van der Waals surface area contributed by atoms with Crippen LogP contribution in [0.2, 0.25) is 0 Å². The van der Waals surface area contributed by atoms with Gasteiger partial charge in [0, 0.05) is 16.3 Å². The van der Waals surface area contributed by atoms with Crippen LogP contribution in [0.3, 0.4) is 0 Å². The summed E-state index contributed by atoms with van der Waals surface area (Å²) in [5, 5.41) is 23.4. The number of rotatable bonds is 7. The third kappa shape index (κ3) is 4.80. The molecule has 11 nitrogen and oxygen atoms in total. The number of carboxylic acids is 1. The number of fused-ring (bicyclic) bond motifs is 2. The van der Waals surface area contributed by atoms with Gasteiger partial charge in [0.15, 0.2) is 0 Å². The standard InChI is InChI=1S/C28H24FN5O6S/c1-28(2)22(27(39)40)34-25(38)20(26(34)41-28)32-24(37)19(14-6-4-3-5-7-14)31-23(36)17-13-33(11-10-30)18-9-8-15(29)12-16(18)21(17)35/h3-9,12-13,19-20,22,26H,11H2,1-2H3,(H,31,36)(H,32,37)(H,39,40)/t19-,20-,22+,26-/m1/s1. The Hall–Kier alpha value is -4.70. The molecule has 0 unspecified atom stereocenters. The van der Waals surface area contributed by atoms with Crippen molar-refractivity contribution >= 4 is 46.4 Å². The molecule has 0 aliphatic carbocycles. The van der Waals surface area contributed by atoms with Gasteiger partial charge in [-0.15, -0.1) is 11.8 Å². The molecule has 2 aromatic carbocycles. The number of amides is 3. The van der Waals surface area contributed by atoms with E-state index in [0.717, 1.165) is 12.1 Å². The van der Waals surface area contributed by atoms with Crippen LogP contribution in [0, 0.1) is 17.1 Å². The Morgan fingerprint density at radius 3 is 2.54 bits per heavy atom. The van der Waals surface area contributed by atoms with Gasteiger partial charge in [-0.2, -0.15) is 5.26 Å². The first-order chi connectivity index (χ1) is 19.4. The number of carbonyl (C=O) groups excluding carboxylic acids is 3. The molecule has 41 heavy (non-hydrogen) atoms. The molecule has 3 amide bonds. The SMILES string of the molecule is CC1(C)S[C@@H]2[C@H](NC(=O)[C@H](NC(=O)c3cn(CC#N)c4ccc(F)cc4c3=O)c3ccccc3)C(=O)N2[C@H]1C(=O)O. The first kappa shape index (κ1) is 27.9. The van der Waals surface area contributed by atoms with E-state index in [1.807, 2.05) is 6.07 Å². The van der Waals surface area contributed by atoms with E-state index in [0.29, 0.717) is 5.56 Å². The summed E-state index contributed by atoms with van der Waals surface area (Å²) in [6.07, 6.45) is 1.18. The van der Waals surface area contributed by atoms with Crippen molar-refractivity contribution in [1.29, 1.82) is 5.26 Å². The topological polar surface area (TPSA) is 162 Å². The number of hydrogen-bond acceptors (Lipinski definition) is 7. The summed E-state index contributed by atoms with van der Waals surface area (Å²) in [5.41, 5.74) is -0.576. The molecule has 5 rings (SSSR count). The van der Waals surface area contributed by atoms with Crippen molar-refractivity contribution in [3.8, 4) is 6.07 Å². The summed E-state index contributed by atoms with van der Waals surface area (Å²) in [6.45, 7) is 3.20. The molecule has 1 aromatic heterocycles. The molecule has 2 saturated heterocycles. The number of pyridine rings is 1. The number of benzene rings is 2. The molecule has 210 valence electrons. The van der Waals surface area contributed by atoms with E-state index in [9.17, 15) is 38.7 Å².